The zero-order valence-corrected chi connectivity index (χ0v) is 19.1. The van der Waals surface area contributed by atoms with Crippen LogP contribution in [0.3, 0.4) is 0 Å². The Morgan fingerprint density at radius 3 is 2.40 bits per heavy atom. The van der Waals surface area contributed by atoms with Crippen molar-refractivity contribution in [2.45, 2.75) is 63.1 Å². The summed E-state index contributed by atoms with van der Waals surface area (Å²) in [5.74, 6) is -2.85. The fourth-order valence-electron chi connectivity index (χ4n) is 4.83. The predicted octanol–water partition coefficient (Wildman–Crippen LogP) is 5.77. The minimum absolute atomic E-state index is 0.353. The normalized spacial score (nSPS) is 21.2. The number of halogens is 4. The number of benzene rings is 2. The quantitative estimate of drug-likeness (QED) is 0.368. The summed E-state index contributed by atoms with van der Waals surface area (Å²) in [5.41, 5.74) is -2.01. The molecule has 0 bridgehead atoms. The fraction of sp³-hybridized carbons (Fsp3) is 0.385. The topological polar surface area (TPSA) is 78.4 Å². The molecule has 2 aromatic carbocycles. The molecule has 2 aliphatic rings. The molecule has 0 saturated heterocycles. The van der Waals surface area contributed by atoms with E-state index < -0.39 is 52.7 Å². The molecule has 3 N–H and O–H groups in total. The van der Waals surface area contributed by atoms with Gasteiger partial charge in [-0.2, -0.15) is 13.2 Å². The maximum absolute atomic E-state index is 14.3. The first-order chi connectivity index (χ1) is 16.5. The first-order valence-corrected chi connectivity index (χ1v) is 11.5. The second-order valence-electron chi connectivity index (χ2n) is 9.40. The van der Waals surface area contributed by atoms with Gasteiger partial charge in [0, 0.05) is 12.1 Å². The summed E-state index contributed by atoms with van der Waals surface area (Å²) >= 11 is 0. The average molecular weight is 490 g/mol. The highest BCUT2D eigenvalue weighted by molar-refractivity contribution is 6.24. The molecule has 2 amide bonds. The molecule has 0 radical (unpaired) electrons. The number of hydrogen-bond acceptors (Lipinski definition) is 3. The van der Waals surface area contributed by atoms with Gasteiger partial charge >= 0.3 is 6.18 Å². The van der Waals surface area contributed by atoms with E-state index in [9.17, 15) is 32.3 Å². The van der Waals surface area contributed by atoms with E-state index in [1.807, 2.05) is 12.1 Å². The standard InChI is InChI=1S/C26H26F4N2O3/c1-25(14-17-13-18(26(28,29)30)9-12-20(17)27)22(33)21(24(35)32-25)23(34)31-19-10-7-16(8-11-19)15-5-3-2-4-6-15/h7-13,15,33H,2-6,14H2,1H3,(H,31,34)(H,32,35). The van der Waals surface area contributed by atoms with Gasteiger partial charge in [-0.3, -0.25) is 9.59 Å². The van der Waals surface area contributed by atoms with E-state index in [4.69, 9.17) is 0 Å². The number of amides is 2. The summed E-state index contributed by atoms with van der Waals surface area (Å²) in [6, 6.07) is 9.23. The van der Waals surface area contributed by atoms with Crippen LogP contribution in [-0.2, 0) is 22.2 Å². The summed E-state index contributed by atoms with van der Waals surface area (Å²) < 4.78 is 53.4. The van der Waals surface area contributed by atoms with E-state index in [1.165, 1.54) is 31.7 Å². The molecule has 1 heterocycles. The SMILES string of the molecule is CC1(Cc2cc(C(F)(F)F)ccc2F)NC(=O)C(C(=O)Nc2ccc(C3CCCCC3)cc2)=C1O. The number of aliphatic hydroxyl groups excluding tert-OH is 1. The maximum Gasteiger partial charge on any atom is 0.416 e. The largest absolute Gasteiger partial charge is 0.509 e. The summed E-state index contributed by atoms with van der Waals surface area (Å²) in [6.45, 7) is 1.32. The van der Waals surface area contributed by atoms with Gasteiger partial charge < -0.3 is 15.7 Å². The molecule has 35 heavy (non-hydrogen) atoms. The van der Waals surface area contributed by atoms with Crippen molar-refractivity contribution in [1.29, 1.82) is 0 Å². The van der Waals surface area contributed by atoms with E-state index >= 15 is 0 Å². The van der Waals surface area contributed by atoms with Crippen molar-refractivity contribution in [3.8, 4) is 0 Å². The van der Waals surface area contributed by atoms with Crippen molar-refractivity contribution in [3.05, 3.63) is 76.3 Å². The van der Waals surface area contributed by atoms with Crippen LogP contribution in [0.5, 0.6) is 0 Å². The van der Waals surface area contributed by atoms with Crippen molar-refractivity contribution < 1.29 is 32.3 Å². The third-order valence-electron chi connectivity index (χ3n) is 6.77. The Balaban J connectivity index is 1.52. The molecular formula is C26H26F4N2O3. The average Bonchev–Trinajstić information content (AvgIpc) is 3.03. The first kappa shape index (κ1) is 24.8. The van der Waals surface area contributed by atoms with Crippen molar-refractivity contribution >= 4 is 17.5 Å². The zero-order chi connectivity index (χ0) is 25.4. The molecule has 1 aliphatic carbocycles. The van der Waals surface area contributed by atoms with Crippen molar-refractivity contribution in [2.24, 2.45) is 0 Å². The van der Waals surface area contributed by atoms with Gasteiger partial charge in [0.05, 0.1) is 11.1 Å². The van der Waals surface area contributed by atoms with Crippen LogP contribution >= 0.6 is 0 Å². The number of hydrogen-bond donors (Lipinski definition) is 3. The summed E-state index contributed by atoms with van der Waals surface area (Å²) in [7, 11) is 0. The minimum Gasteiger partial charge on any atom is -0.509 e. The molecule has 1 atom stereocenters. The van der Waals surface area contributed by atoms with Gasteiger partial charge in [-0.1, -0.05) is 31.4 Å². The highest BCUT2D eigenvalue weighted by atomic mass is 19.4. The van der Waals surface area contributed by atoms with Gasteiger partial charge in [0.2, 0.25) is 0 Å². The number of aliphatic hydroxyl groups is 1. The second kappa shape index (κ2) is 9.36. The lowest BCUT2D eigenvalue weighted by Crippen LogP contribution is -2.44. The molecule has 186 valence electrons. The van der Waals surface area contributed by atoms with Crippen LogP contribution in [0.2, 0.25) is 0 Å². The molecule has 0 spiro atoms. The summed E-state index contributed by atoms with van der Waals surface area (Å²) in [5, 5.41) is 15.7. The molecule has 1 saturated carbocycles. The van der Waals surface area contributed by atoms with Crippen LogP contribution in [0.4, 0.5) is 23.2 Å². The lowest BCUT2D eigenvalue weighted by atomic mass is 9.84. The number of nitrogens with one attached hydrogen (secondary N) is 2. The van der Waals surface area contributed by atoms with Gasteiger partial charge in [-0.25, -0.2) is 4.39 Å². The van der Waals surface area contributed by atoms with Crippen molar-refractivity contribution in [1.82, 2.24) is 5.32 Å². The zero-order valence-electron chi connectivity index (χ0n) is 19.1. The van der Waals surface area contributed by atoms with E-state index in [0.29, 0.717) is 29.8 Å². The Bertz CT molecular complexity index is 1170. The van der Waals surface area contributed by atoms with Gasteiger partial charge in [0.25, 0.3) is 11.8 Å². The van der Waals surface area contributed by atoms with E-state index in [2.05, 4.69) is 10.6 Å². The molecule has 0 aromatic heterocycles. The number of carbonyl (C=O) groups is 2. The Hall–Kier alpha value is -3.36. The lowest BCUT2D eigenvalue weighted by Gasteiger charge is -2.25. The number of alkyl halides is 3. The van der Waals surface area contributed by atoms with E-state index in [1.54, 1.807) is 12.1 Å². The highest BCUT2D eigenvalue weighted by Gasteiger charge is 2.45. The fourth-order valence-corrected chi connectivity index (χ4v) is 4.83. The summed E-state index contributed by atoms with van der Waals surface area (Å²) in [4.78, 5) is 25.3. The first-order valence-electron chi connectivity index (χ1n) is 11.5. The van der Waals surface area contributed by atoms with Gasteiger partial charge in [-0.05, 0) is 67.1 Å². The summed E-state index contributed by atoms with van der Waals surface area (Å²) in [6.07, 6.45) is 0.703. The van der Waals surface area contributed by atoms with Crippen LogP contribution in [-0.4, -0.2) is 22.5 Å². The third kappa shape index (κ3) is 5.18. The Morgan fingerprint density at radius 2 is 1.77 bits per heavy atom. The molecule has 1 aliphatic heterocycles. The second-order valence-corrected chi connectivity index (χ2v) is 9.40. The van der Waals surface area contributed by atoms with Gasteiger partial charge in [-0.15, -0.1) is 0 Å². The molecule has 2 aromatic rings. The number of anilines is 1. The number of rotatable bonds is 5. The Kier molecular flexibility index (Phi) is 6.62. The monoisotopic (exact) mass is 490 g/mol. The maximum atomic E-state index is 14.3. The van der Waals surface area contributed by atoms with Crippen molar-refractivity contribution in [3.63, 3.8) is 0 Å². The molecule has 4 rings (SSSR count). The van der Waals surface area contributed by atoms with E-state index in [0.717, 1.165) is 12.8 Å². The highest BCUT2D eigenvalue weighted by Crippen LogP contribution is 2.35. The van der Waals surface area contributed by atoms with E-state index in [-0.39, 0.29) is 5.56 Å². The van der Waals surface area contributed by atoms with Crippen LogP contribution in [0.1, 0.15) is 61.6 Å². The smallest absolute Gasteiger partial charge is 0.416 e. The number of carbonyl (C=O) groups excluding carboxylic acids is 2. The third-order valence-corrected chi connectivity index (χ3v) is 6.77. The van der Waals surface area contributed by atoms with Crippen molar-refractivity contribution in [2.75, 3.05) is 5.32 Å². The van der Waals surface area contributed by atoms with Crippen LogP contribution in [0, 0.1) is 5.82 Å². The lowest BCUT2D eigenvalue weighted by molar-refractivity contribution is -0.137. The molecule has 1 unspecified atom stereocenters. The molecule has 5 nitrogen and oxygen atoms in total. The minimum atomic E-state index is -4.68. The Morgan fingerprint density at radius 1 is 1.11 bits per heavy atom. The Labute approximate surface area is 200 Å². The van der Waals surface area contributed by atoms with Crippen LogP contribution in [0.15, 0.2) is 53.8 Å². The molecular weight excluding hydrogens is 464 g/mol. The van der Waals surface area contributed by atoms with Gasteiger partial charge in [0.1, 0.15) is 17.1 Å². The molecule has 1 fully saturated rings. The molecule has 9 heteroatoms. The van der Waals surface area contributed by atoms with Crippen LogP contribution < -0.4 is 10.6 Å². The van der Waals surface area contributed by atoms with Crippen LogP contribution in [0.25, 0.3) is 0 Å². The predicted molar refractivity (Wildman–Crippen MR) is 122 cm³/mol. The van der Waals surface area contributed by atoms with Gasteiger partial charge in [0.15, 0.2) is 0 Å².